The predicted molar refractivity (Wildman–Crippen MR) is 80.5 cm³/mol. The molecule has 6 heteroatoms. The van der Waals surface area contributed by atoms with Crippen molar-refractivity contribution >= 4 is 40.6 Å². The average molecular weight is 288 g/mol. The summed E-state index contributed by atoms with van der Waals surface area (Å²) in [5.74, 6) is 1.43. The molecule has 0 fully saturated rings. The zero-order valence-corrected chi connectivity index (χ0v) is 12.1. The van der Waals surface area contributed by atoms with Gasteiger partial charge in [-0.2, -0.15) is 11.8 Å². The number of benzene rings is 1. The molecule has 100 valence electrons. The Labute approximate surface area is 116 Å². The molecule has 4 nitrogen and oxygen atoms in total. The molecule has 0 saturated carbocycles. The van der Waals surface area contributed by atoms with Gasteiger partial charge in [0.1, 0.15) is 0 Å². The number of carbonyl (C=O) groups is 1. The summed E-state index contributed by atoms with van der Waals surface area (Å²) in [7, 11) is 0. The van der Waals surface area contributed by atoms with E-state index in [1.54, 1.807) is 6.07 Å². The van der Waals surface area contributed by atoms with E-state index in [1.165, 1.54) is 6.07 Å². The molecule has 1 atom stereocenters. The Kier molecular flexibility index (Phi) is 5.62. The van der Waals surface area contributed by atoms with Gasteiger partial charge in [-0.05, 0) is 24.8 Å². The van der Waals surface area contributed by atoms with E-state index in [4.69, 9.17) is 23.1 Å². The highest BCUT2D eigenvalue weighted by Gasteiger charge is 2.15. The normalized spacial score (nSPS) is 12.2. The highest BCUT2D eigenvalue weighted by atomic mass is 35.5. The topological polar surface area (TPSA) is 81.1 Å². The van der Waals surface area contributed by atoms with E-state index in [9.17, 15) is 4.79 Å². The summed E-state index contributed by atoms with van der Waals surface area (Å²) >= 11 is 7.91. The zero-order chi connectivity index (χ0) is 13.7. The van der Waals surface area contributed by atoms with Crippen LogP contribution in [0.25, 0.3) is 0 Å². The molecular weight excluding hydrogens is 270 g/mol. The minimum atomic E-state index is -0.540. The number of carbonyl (C=O) groups excluding carboxylic acids is 1. The second-order valence-corrected chi connectivity index (χ2v) is 5.72. The third-order valence-electron chi connectivity index (χ3n) is 2.34. The van der Waals surface area contributed by atoms with Crippen molar-refractivity contribution in [2.75, 3.05) is 22.6 Å². The van der Waals surface area contributed by atoms with Crippen LogP contribution in [-0.2, 0) is 0 Å². The van der Waals surface area contributed by atoms with Crippen LogP contribution in [-0.4, -0.2) is 23.5 Å². The van der Waals surface area contributed by atoms with Gasteiger partial charge in [-0.15, -0.1) is 0 Å². The molecule has 1 rings (SSSR count). The Hall–Kier alpha value is -1.07. The average Bonchev–Trinajstić information content (AvgIpc) is 2.29. The first-order valence-electron chi connectivity index (χ1n) is 5.68. The molecule has 0 spiro atoms. The van der Waals surface area contributed by atoms with Crippen LogP contribution in [0.15, 0.2) is 12.1 Å². The predicted octanol–water partition coefficient (Wildman–Crippen LogP) is 2.57. The lowest BCUT2D eigenvalue weighted by Gasteiger charge is -2.18. The molecule has 1 aromatic rings. The maximum atomic E-state index is 11.4. The molecule has 0 saturated heterocycles. The quantitative estimate of drug-likeness (QED) is 0.703. The van der Waals surface area contributed by atoms with Crippen molar-refractivity contribution < 1.29 is 4.79 Å². The van der Waals surface area contributed by atoms with Crippen molar-refractivity contribution in [1.29, 1.82) is 0 Å². The molecule has 0 heterocycles. The largest absolute Gasteiger partial charge is 0.399 e. The standard InChI is InChI=1S/C12H18ClN3OS/c1-3-18-6-7(2)16-11-9(12(15)17)4-8(14)5-10(11)13/h4-5,7,16H,3,6,14H2,1-2H3,(H2,15,17). The van der Waals surface area contributed by atoms with Crippen LogP contribution in [0.2, 0.25) is 5.02 Å². The number of nitrogens with one attached hydrogen (secondary N) is 1. The lowest BCUT2D eigenvalue weighted by atomic mass is 10.1. The van der Waals surface area contributed by atoms with Crippen LogP contribution in [0.4, 0.5) is 11.4 Å². The molecular formula is C12H18ClN3OS. The van der Waals surface area contributed by atoms with Crippen LogP contribution in [0.3, 0.4) is 0 Å². The summed E-state index contributed by atoms with van der Waals surface area (Å²) in [6.45, 7) is 4.13. The second-order valence-electron chi connectivity index (χ2n) is 3.99. The fraction of sp³-hybridized carbons (Fsp3) is 0.417. The first-order valence-corrected chi connectivity index (χ1v) is 7.22. The number of hydrogen-bond acceptors (Lipinski definition) is 4. The summed E-state index contributed by atoms with van der Waals surface area (Å²) in [5.41, 5.74) is 12.3. The third kappa shape index (κ3) is 3.99. The Morgan fingerprint density at radius 3 is 2.78 bits per heavy atom. The van der Waals surface area contributed by atoms with Gasteiger partial charge in [-0.25, -0.2) is 0 Å². The number of thioether (sulfide) groups is 1. The van der Waals surface area contributed by atoms with E-state index < -0.39 is 5.91 Å². The fourth-order valence-corrected chi connectivity index (χ4v) is 2.51. The highest BCUT2D eigenvalue weighted by Crippen LogP contribution is 2.29. The Morgan fingerprint density at radius 1 is 1.56 bits per heavy atom. The summed E-state index contributed by atoms with van der Waals surface area (Å²) in [4.78, 5) is 11.4. The van der Waals surface area contributed by atoms with Crippen molar-refractivity contribution in [2.24, 2.45) is 5.73 Å². The molecule has 0 radical (unpaired) electrons. The number of nitrogen functional groups attached to an aromatic ring is 1. The van der Waals surface area contributed by atoms with E-state index in [2.05, 4.69) is 12.2 Å². The van der Waals surface area contributed by atoms with Gasteiger partial charge in [0.05, 0.1) is 16.3 Å². The monoisotopic (exact) mass is 287 g/mol. The molecule has 5 N–H and O–H groups in total. The molecule has 0 aliphatic carbocycles. The highest BCUT2D eigenvalue weighted by molar-refractivity contribution is 7.99. The lowest BCUT2D eigenvalue weighted by Crippen LogP contribution is -2.22. The van der Waals surface area contributed by atoms with Crippen LogP contribution >= 0.6 is 23.4 Å². The molecule has 18 heavy (non-hydrogen) atoms. The van der Waals surface area contributed by atoms with Crippen LogP contribution in [0.1, 0.15) is 24.2 Å². The zero-order valence-electron chi connectivity index (χ0n) is 10.5. The van der Waals surface area contributed by atoms with Crippen molar-refractivity contribution in [1.82, 2.24) is 0 Å². The molecule has 0 bridgehead atoms. The van der Waals surface area contributed by atoms with Gasteiger partial charge in [-0.3, -0.25) is 4.79 Å². The smallest absolute Gasteiger partial charge is 0.250 e. The van der Waals surface area contributed by atoms with E-state index in [0.717, 1.165) is 11.5 Å². The van der Waals surface area contributed by atoms with Gasteiger partial charge in [-0.1, -0.05) is 18.5 Å². The first kappa shape index (κ1) is 15.0. The molecule has 1 aromatic carbocycles. The summed E-state index contributed by atoms with van der Waals surface area (Å²) in [5, 5.41) is 3.63. The van der Waals surface area contributed by atoms with Gasteiger partial charge in [0.25, 0.3) is 5.91 Å². The Morgan fingerprint density at radius 2 is 2.22 bits per heavy atom. The van der Waals surface area contributed by atoms with Crippen molar-refractivity contribution in [3.05, 3.63) is 22.7 Å². The number of rotatable bonds is 6. The third-order valence-corrected chi connectivity index (χ3v) is 3.78. The van der Waals surface area contributed by atoms with Crippen LogP contribution in [0, 0.1) is 0 Å². The van der Waals surface area contributed by atoms with Crippen molar-refractivity contribution in [2.45, 2.75) is 19.9 Å². The van der Waals surface area contributed by atoms with Crippen LogP contribution < -0.4 is 16.8 Å². The lowest BCUT2D eigenvalue weighted by molar-refractivity contribution is 0.100. The molecule has 1 unspecified atom stereocenters. The van der Waals surface area contributed by atoms with Crippen molar-refractivity contribution in [3.63, 3.8) is 0 Å². The van der Waals surface area contributed by atoms with E-state index >= 15 is 0 Å². The van der Waals surface area contributed by atoms with E-state index in [0.29, 0.717) is 22.0 Å². The Balaban J connectivity index is 2.96. The van der Waals surface area contributed by atoms with E-state index in [-0.39, 0.29) is 6.04 Å². The van der Waals surface area contributed by atoms with Crippen LogP contribution in [0.5, 0.6) is 0 Å². The fourth-order valence-electron chi connectivity index (χ4n) is 1.55. The minimum Gasteiger partial charge on any atom is -0.399 e. The summed E-state index contributed by atoms with van der Waals surface area (Å²) in [6, 6.07) is 3.33. The van der Waals surface area contributed by atoms with Gasteiger partial charge in [0.15, 0.2) is 0 Å². The van der Waals surface area contributed by atoms with Gasteiger partial charge in [0, 0.05) is 17.5 Å². The maximum Gasteiger partial charge on any atom is 0.250 e. The number of halogens is 1. The number of amides is 1. The minimum absolute atomic E-state index is 0.189. The maximum absolute atomic E-state index is 11.4. The molecule has 1 amide bonds. The number of hydrogen-bond donors (Lipinski definition) is 3. The SMILES string of the molecule is CCSCC(C)Nc1c(Cl)cc(N)cc1C(N)=O. The van der Waals surface area contributed by atoms with Crippen molar-refractivity contribution in [3.8, 4) is 0 Å². The van der Waals surface area contributed by atoms with Gasteiger partial charge >= 0.3 is 0 Å². The second kappa shape index (κ2) is 6.75. The van der Waals surface area contributed by atoms with Gasteiger partial charge < -0.3 is 16.8 Å². The van der Waals surface area contributed by atoms with Gasteiger partial charge in [0.2, 0.25) is 0 Å². The number of anilines is 2. The molecule has 0 aliphatic rings. The first-order chi connectivity index (χ1) is 8.45. The Bertz CT molecular complexity index is 440. The molecule has 0 aliphatic heterocycles. The number of nitrogens with two attached hydrogens (primary N) is 2. The number of primary amides is 1. The summed E-state index contributed by atoms with van der Waals surface area (Å²) in [6.07, 6.45) is 0. The molecule has 0 aromatic heterocycles. The summed E-state index contributed by atoms with van der Waals surface area (Å²) < 4.78 is 0. The van der Waals surface area contributed by atoms with E-state index in [1.807, 2.05) is 18.7 Å².